The highest BCUT2D eigenvalue weighted by molar-refractivity contribution is 5.70. The van der Waals surface area contributed by atoms with Crippen LogP contribution in [0.2, 0.25) is 0 Å². The van der Waals surface area contributed by atoms with Crippen LogP contribution in [-0.2, 0) is 0 Å². The van der Waals surface area contributed by atoms with Crippen LogP contribution in [0.3, 0.4) is 0 Å². The molecule has 4 heteroatoms. The van der Waals surface area contributed by atoms with Crippen molar-refractivity contribution in [2.75, 3.05) is 20.0 Å². The van der Waals surface area contributed by atoms with Gasteiger partial charge in [0.1, 0.15) is 17.3 Å². The van der Waals surface area contributed by atoms with Crippen molar-refractivity contribution in [3.63, 3.8) is 0 Å². The molecule has 0 aliphatic rings. The number of hydrogen-bond donors (Lipinski definition) is 1. The number of halogens is 1. The Morgan fingerprint density at radius 3 is 2.11 bits per heavy atom. The van der Waals surface area contributed by atoms with Crippen molar-refractivity contribution < 1.29 is 13.9 Å². The summed E-state index contributed by atoms with van der Waals surface area (Å²) in [5.74, 6) is 0.872. The van der Waals surface area contributed by atoms with E-state index in [9.17, 15) is 4.39 Å². The molecular weight excluding hydrogens is 233 g/mol. The molecule has 2 aromatic rings. The van der Waals surface area contributed by atoms with Gasteiger partial charge in [0.25, 0.3) is 0 Å². The Kier molecular flexibility index (Phi) is 3.37. The Morgan fingerprint density at radius 1 is 0.944 bits per heavy atom. The molecule has 0 atom stereocenters. The van der Waals surface area contributed by atoms with Crippen LogP contribution in [0.5, 0.6) is 11.5 Å². The second kappa shape index (κ2) is 4.96. The molecule has 2 N–H and O–H groups in total. The number of ether oxygens (including phenoxy) is 2. The van der Waals surface area contributed by atoms with Gasteiger partial charge in [-0.25, -0.2) is 4.39 Å². The lowest BCUT2D eigenvalue weighted by Gasteiger charge is -2.10. The van der Waals surface area contributed by atoms with Gasteiger partial charge in [0.2, 0.25) is 0 Å². The Balaban J connectivity index is 2.58. The molecule has 0 radical (unpaired) electrons. The van der Waals surface area contributed by atoms with Crippen molar-refractivity contribution in [3.05, 3.63) is 42.2 Å². The predicted octanol–water partition coefficient (Wildman–Crippen LogP) is 3.09. The van der Waals surface area contributed by atoms with E-state index in [2.05, 4.69) is 0 Å². The van der Waals surface area contributed by atoms with Gasteiger partial charge in [-0.15, -0.1) is 0 Å². The van der Waals surface area contributed by atoms with Gasteiger partial charge in [-0.1, -0.05) is 0 Å². The molecule has 0 amide bonds. The molecule has 0 aromatic heterocycles. The van der Waals surface area contributed by atoms with Crippen molar-refractivity contribution in [1.82, 2.24) is 0 Å². The van der Waals surface area contributed by atoms with Gasteiger partial charge in [0.05, 0.1) is 14.2 Å². The summed E-state index contributed by atoms with van der Waals surface area (Å²) in [5, 5.41) is 0. The Labute approximate surface area is 105 Å². The summed E-state index contributed by atoms with van der Waals surface area (Å²) < 4.78 is 24.1. The number of rotatable bonds is 3. The highest BCUT2D eigenvalue weighted by atomic mass is 19.1. The first-order chi connectivity index (χ1) is 8.63. The first-order valence-electron chi connectivity index (χ1n) is 5.42. The van der Waals surface area contributed by atoms with E-state index in [1.165, 1.54) is 12.1 Å². The summed E-state index contributed by atoms with van der Waals surface area (Å²) in [7, 11) is 3.10. The highest BCUT2D eigenvalue weighted by Gasteiger charge is 2.09. The van der Waals surface area contributed by atoms with Crippen LogP contribution in [0.1, 0.15) is 0 Å². The second-order valence-electron chi connectivity index (χ2n) is 3.84. The molecule has 0 saturated carbocycles. The van der Waals surface area contributed by atoms with Crippen LogP contribution in [0.25, 0.3) is 11.1 Å². The van der Waals surface area contributed by atoms with E-state index in [1.54, 1.807) is 38.5 Å². The minimum atomic E-state index is -0.334. The summed E-state index contributed by atoms with van der Waals surface area (Å²) in [6, 6.07) is 9.66. The Hall–Kier alpha value is -2.23. The molecule has 0 heterocycles. The zero-order valence-corrected chi connectivity index (χ0v) is 10.2. The molecule has 0 unspecified atom stereocenters. The molecule has 3 nitrogen and oxygen atoms in total. The van der Waals surface area contributed by atoms with Crippen LogP contribution >= 0.6 is 0 Å². The molecule has 2 aromatic carbocycles. The third-order valence-electron chi connectivity index (χ3n) is 2.65. The molecule has 0 fully saturated rings. The van der Waals surface area contributed by atoms with Crippen LogP contribution in [0.4, 0.5) is 10.1 Å². The first-order valence-corrected chi connectivity index (χ1v) is 5.42. The maximum absolute atomic E-state index is 13.8. The SMILES string of the molecule is COc1cc(OC)cc(-c2cc(N)ccc2F)c1. The maximum Gasteiger partial charge on any atom is 0.131 e. The lowest BCUT2D eigenvalue weighted by molar-refractivity contribution is 0.394. The van der Waals surface area contributed by atoms with Gasteiger partial charge >= 0.3 is 0 Å². The normalized spacial score (nSPS) is 10.2. The first kappa shape index (κ1) is 12.2. The van der Waals surface area contributed by atoms with E-state index in [0.29, 0.717) is 28.3 Å². The molecule has 18 heavy (non-hydrogen) atoms. The monoisotopic (exact) mass is 247 g/mol. The fourth-order valence-corrected chi connectivity index (χ4v) is 1.73. The van der Waals surface area contributed by atoms with E-state index in [1.807, 2.05) is 0 Å². The fourth-order valence-electron chi connectivity index (χ4n) is 1.73. The molecular formula is C14H14FNO2. The smallest absolute Gasteiger partial charge is 0.131 e. The summed E-state index contributed by atoms with van der Waals surface area (Å²) in [6.07, 6.45) is 0. The molecule has 94 valence electrons. The van der Waals surface area contributed by atoms with Crippen molar-refractivity contribution >= 4 is 5.69 Å². The zero-order chi connectivity index (χ0) is 13.1. The predicted molar refractivity (Wildman–Crippen MR) is 69.4 cm³/mol. The van der Waals surface area contributed by atoms with Crippen LogP contribution < -0.4 is 15.2 Å². The Morgan fingerprint density at radius 2 is 1.56 bits per heavy atom. The van der Waals surface area contributed by atoms with Crippen LogP contribution in [0, 0.1) is 5.82 Å². The molecule has 2 rings (SSSR count). The standard InChI is InChI=1S/C14H14FNO2/c1-17-11-5-9(6-12(8-11)18-2)13-7-10(16)3-4-14(13)15/h3-8H,16H2,1-2H3. The number of methoxy groups -OCH3 is 2. The molecule has 0 spiro atoms. The second-order valence-corrected chi connectivity index (χ2v) is 3.84. The summed E-state index contributed by atoms with van der Waals surface area (Å²) >= 11 is 0. The third kappa shape index (κ3) is 2.37. The number of anilines is 1. The number of nitrogen functional groups attached to an aromatic ring is 1. The highest BCUT2D eigenvalue weighted by Crippen LogP contribution is 2.32. The van der Waals surface area contributed by atoms with E-state index in [4.69, 9.17) is 15.2 Å². The van der Waals surface area contributed by atoms with Gasteiger partial charge < -0.3 is 15.2 Å². The van der Waals surface area contributed by atoms with Gasteiger partial charge in [-0.3, -0.25) is 0 Å². The minimum Gasteiger partial charge on any atom is -0.497 e. The number of benzene rings is 2. The molecule has 0 bridgehead atoms. The van der Waals surface area contributed by atoms with Gasteiger partial charge in [-0.05, 0) is 35.9 Å². The van der Waals surface area contributed by atoms with Crippen molar-refractivity contribution in [2.45, 2.75) is 0 Å². The Bertz CT molecular complexity index is 547. The topological polar surface area (TPSA) is 44.5 Å². The lowest BCUT2D eigenvalue weighted by atomic mass is 10.0. The van der Waals surface area contributed by atoms with E-state index >= 15 is 0 Å². The summed E-state index contributed by atoms with van der Waals surface area (Å²) in [6.45, 7) is 0. The van der Waals surface area contributed by atoms with E-state index in [0.717, 1.165) is 0 Å². The average molecular weight is 247 g/mol. The summed E-state index contributed by atoms with van der Waals surface area (Å²) in [4.78, 5) is 0. The maximum atomic E-state index is 13.8. The number of hydrogen-bond acceptors (Lipinski definition) is 3. The average Bonchev–Trinajstić information content (AvgIpc) is 2.40. The van der Waals surface area contributed by atoms with Crippen LogP contribution in [0.15, 0.2) is 36.4 Å². The van der Waals surface area contributed by atoms with Gasteiger partial charge in [-0.2, -0.15) is 0 Å². The molecule has 0 aliphatic carbocycles. The third-order valence-corrected chi connectivity index (χ3v) is 2.65. The fraction of sp³-hybridized carbons (Fsp3) is 0.143. The zero-order valence-electron chi connectivity index (χ0n) is 10.2. The lowest BCUT2D eigenvalue weighted by Crippen LogP contribution is -1.92. The largest absolute Gasteiger partial charge is 0.497 e. The summed E-state index contributed by atoms with van der Waals surface area (Å²) in [5.41, 5.74) is 7.27. The van der Waals surface area contributed by atoms with Crippen LogP contribution in [-0.4, -0.2) is 14.2 Å². The van der Waals surface area contributed by atoms with E-state index < -0.39 is 0 Å². The van der Waals surface area contributed by atoms with E-state index in [-0.39, 0.29) is 5.82 Å². The molecule has 0 aliphatic heterocycles. The molecule has 0 saturated heterocycles. The number of nitrogens with two attached hydrogens (primary N) is 1. The van der Waals surface area contributed by atoms with Gasteiger partial charge in [0.15, 0.2) is 0 Å². The van der Waals surface area contributed by atoms with Gasteiger partial charge in [0, 0.05) is 17.3 Å². The minimum absolute atomic E-state index is 0.334. The van der Waals surface area contributed by atoms with Crippen molar-refractivity contribution in [1.29, 1.82) is 0 Å². The quantitative estimate of drug-likeness (QED) is 0.848. The van der Waals surface area contributed by atoms with Crippen molar-refractivity contribution in [3.8, 4) is 22.6 Å². The van der Waals surface area contributed by atoms with Crippen molar-refractivity contribution in [2.24, 2.45) is 0 Å².